The maximum atomic E-state index is 12.5. The van der Waals surface area contributed by atoms with Crippen LogP contribution in [0.4, 0.5) is 0 Å². The molecule has 0 unspecified atom stereocenters. The van der Waals surface area contributed by atoms with Crippen molar-refractivity contribution in [1.82, 2.24) is 4.31 Å². The predicted molar refractivity (Wildman–Crippen MR) is 74.5 cm³/mol. The molecule has 0 aromatic heterocycles. The summed E-state index contributed by atoms with van der Waals surface area (Å²) in [7, 11) is -3.50. The van der Waals surface area contributed by atoms with Gasteiger partial charge in [0.2, 0.25) is 10.0 Å². The minimum atomic E-state index is -3.50. The monoisotopic (exact) mass is 294 g/mol. The molecule has 0 spiro atoms. The smallest absolute Gasteiger partial charge is 0.243 e. The SMILES string of the molecule is Cc1cc(S(=O)(=O)N2CCC(CO)CC2)ccc1C#N. The van der Waals surface area contributed by atoms with Crippen LogP contribution in [0.3, 0.4) is 0 Å². The van der Waals surface area contributed by atoms with Crippen LogP contribution in [-0.4, -0.2) is 37.5 Å². The first-order valence-electron chi connectivity index (χ1n) is 6.61. The molecule has 0 aliphatic carbocycles. The zero-order chi connectivity index (χ0) is 14.8. The van der Waals surface area contributed by atoms with E-state index in [2.05, 4.69) is 0 Å². The number of benzene rings is 1. The maximum absolute atomic E-state index is 12.5. The molecule has 6 heteroatoms. The van der Waals surface area contributed by atoms with Crippen molar-refractivity contribution in [2.24, 2.45) is 5.92 Å². The van der Waals surface area contributed by atoms with Gasteiger partial charge in [0, 0.05) is 19.7 Å². The van der Waals surface area contributed by atoms with Gasteiger partial charge in [0.15, 0.2) is 0 Å². The van der Waals surface area contributed by atoms with Crippen LogP contribution in [0.5, 0.6) is 0 Å². The van der Waals surface area contributed by atoms with Crippen LogP contribution in [0.25, 0.3) is 0 Å². The van der Waals surface area contributed by atoms with Crippen molar-refractivity contribution in [1.29, 1.82) is 5.26 Å². The van der Waals surface area contributed by atoms with Gasteiger partial charge in [0.05, 0.1) is 16.5 Å². The average Bonchev–Trinajstić information content (AvgIpc) is 2.47. The van der Waals surface area contributed by atoms with Gasteiger partial charge >= 0.3 is 0 Å². The van der Waals surface area contributed by atoms with E-state index in [4.69, 9.17) is 10.4 Å². The van der Waals surface area contributed by atoms with Crippen molar-refractivity contribution in [3.05, 3.63) is 29.3 Å². The van der Waals surface area contributed by atoms with Crippen LogP contribution in [0.1, 0.15) is 24.0 Å². The zero-order valence-corrected chi connectivity index (χ0v) is 12.2. The van der Waals surface area contributed by atoms with Crippen molar-refractivity contribution >= 4 is 10.0 Å². The van der Waals surface area contributed by atoms with E-state index in [0.29, 0.717) is 37.1 Å². The van der Waals surface area contributed by atoms with E-state index in [-0.39, 0.29) is 17.4 Å². The van der Waals surface area contributed by atoms with Crippen molar-refractivity contribution in [3.8, 4) is 6.07 Å². The Labute approximate surface area is 119 Å². The Morgan fingerprint density at radius 1 is 1.40 bits per heavy atom. The molecule has 1 N–H and O–H groups in total. The van der Waals surface area contributed by atoms with Crippen LogP contribution in [0, 0.1) is 24.2 Å². The topological polar surface area (TPSA) is 81.4 Å². The second kappa shape index (κ2) is 5.92. The molecule has 1 heterocycles. The first-order chi connectivity index (χ1) is 9.48. The van der Waals surface area contributed by atoms with E-state index in [1.807, 2.05) is 6.07 Å². The number of piperidine rings is 1. The summed E-state index contributed by atoms with van der Waals surface area (Å²) in [6.07, 6.45) is 1.37. The fourth-order valence-electron chi connectivity index (χ4n) is 2.40. The summed E-state index contributed by atoms with van der Waals surface area (Å²) >= 11 is 0. The van der Waals surface area contributed by atoms with Gasteiger partial charge in [-0.15, -0.1) is 0 Å². The minimum Gasteiger partial charge on any atom is -0.396 e. The average molecular weight is 294 g/mol. The van der Waals surface area contributed by atoms with Crippen molar-refractivity contribution in [3.63, 3.8) is 0 Å². The van der Waals surface area contributed by atoms with Crippen molar-refractivity contribution in [2.75, 3.05) is 19.7 Å². The summed E-state index contributed by atoms with van der Waals surface area (Å²) in [5.41, 5.74) is 1.15. The molecule has 5 nitrogen and oxygen atoms in total. The standard InChI is InChI=1S/C14H18N2O3S/c1-11-8-14(3-2-13(11)9-15)20(18,19)16-6-4-12(10-17)5-7-16/h2-3,8,12,17H,4-7,10H2,1H3. The van der Waals surface area contributed by atoms with Crippen LogP contribution >= 0.6 is 0 Å². The highest BCUT2D eigenvalue weighted by Gasteiger charge is 2.29. The summed E-state index contributed by atoms with van der Waals surface area (Å²) in [5.74, 6) is 0.198. The minimum absolute atomic E-state index is 0.115. The number of aliphatic hydroxyl groups is 1. The van der Waals surface area contributed by atoms with Crippen molar-refractivity contribution in [2.45, 2.75) is 24.7 Å². The van der Waals surface area contributed by atoms with Gasteiger partial charge in [-0.3, -0.25) is 0 Å². The third kappa shape index (κ3) is 2.85. The van der Waals surface area contributed by atoms with Crippen LogP contribution in [0.2, 0.25) is 0 Å². The second-order valence-electron chi connectivity index (χ2n) is 5.12. The van der Waals surface area contributed by atoms with E-state index in [1.165, 1.54) is 10.4 Å². The summed E-state index contributed by atoms with van der Waals surface area (Å²) in [5, 5.41) is 18.0. The molecule has 1 saturated heterocycles. The normalized spacial score (nSPS) is 17.9. The molecular formula is C14H18N2O3S. The fraction of sp³-hybridized carbons (Fsp3) is 0.500. The molecule has 108 valence electrons. The second-order valence-corrected chi connectivity index (χ2v) is 7.06. The highest BCUT2D eigenvalue weighted by atomic mass is 32.2. The predicted octanol–water partition coefficient (Wildman–Crippen LogP) is 1.26. The summed E-state index contributed by atoms with van der Waals surface area (Å²) in [4.78, 5) is 0.233. The van der Waals surface area contributed by atoms with Gasteiger partial charge in [-0.1, -0.05) is 0 Å². The summed E-state index contributed by atoms with van der Waals surface area (Å²) < 4.78 is 26.5. The number of hydrogen-bond acceptors (Lipinski definition) is 4. The van der Waals surface area contributed by atoms with Gasteiger partial charge in [-0.05, 0) is 49.4 Å². The molecular weight excluding hydrogens is 276 g/mol. The fourth-order valence-corrected chi connectivity index (χ4v) is 3.96. The Hall–Kier alpha value is -1.42. The number of hydrogen-bond donors (Lipinski definition) is 1. The molecule has 1 aromatic carbocycles. The Bertz CT molecular complexity index is 626. The summed E-state index contributed by atoms with van der Waals surface area (Å²) in [6.45, 7) is 2.72. The molecule has 0 amide bonds. The number of nitriles is 1. The zero-order valence-electron chi connectivity index (χ0n) is 11.4. The maximum Gasteiger partial charge on any atom is 0.243 e. The Balaban J connectivity index is 2.23. The first-order valence-corrected chi connectivity index (χ1v) is 8.05. The Morgan fingerprint density at radius 2 is 2.05 bits per heavy atom. The number of aryl methyl sites for hydroxylation is 1. The number of rotatable bonds is 3. The molecule has 2 rings (SSSR count). The van der Waals surface area contributed by atoms with E-state index >= 15 is 0 Å². The molecule has 0 atom stereocenters. The Morgan fingerprint density at radius 3 is 2.55 bits per heavy atom. The van der Waals surface area contributed by atoms with Gasteiger partial charge in [0.25, 0.3) is 0 Å². The lowest BCUT2D eigenvalue weighted by molar-refractivity contribution is 0.170. The lowest BCUT2D eigenvalue weighted by Gasteiger charge is -2.30. The van der Waals surface area contributed by atoms with E-state index in [0.717, 1.165) is 0 Å². The van der Waals surface area contributed by atoms with Crippen molar-refractivity contribution < 1.29 is 13.5 Å². The highest BCUT2D eigenvalue weighted by Crippen LogP contribution is 2.24. The molecule has 1 aromatic rings. The third-order valence-corrected chi connectivity index (χ3v) is 5.68. The molecule has 1 aliphatic heterocycles. The first kappa shape index (κ1) is 15.0. The van der Waals surface area contributed by atoms with Crippen LogP contribution < -0.4 is 0 Å². The highest BCUT2D eigenvalue weighted by molar-refractivity contribution is 7.89. The lowest BCUT2D eigenvalue weighted by Crippen LogP contribution is -2.39. The van der Waals surface area contributed by atoms with Crippen LogP contribution in [-0.2, 0) is 10.0 Å². The molecule has 0 bridgehead atoms. The van der Waals surface area contributed by atoms with Gasteiger partial charge in [-0.25, -0.2) is 8.42 Å². The number of sulfonamides is 1. The van der Waals surface area contributed by atoms with E-state index < -0.39 is 10.0 Å². The van der Waals surface area contributed by atoms with Gasteiger partial charge in [0.1, 0.15) is 0 Å². The summed E-state index contributed by atoms with van der Waals surface area (Å²) in [6, 6.07) is 6.61. The van der Waals surface area contributed by atoms with E-state index in [1.54, 1.807) is 19.1 Å². The largest absolute Gasteiger partial charge is 0.396 e. The molecule has 0 saturated carbocycles. The lowest BCUT2D eigenvalue weighted by atomic mass is 10.00. The molecule has 0 radical (unpaired) electrons. The van der Waals surface area contributed by atoms with E-state index in [9.17, 15) is 8.42 Å². The van der Waals surface area contributed by atoms with Gasteiger partial charge in [-0.2, -0.15) is 9.57 Å². The molecule has 1 aliphatic rings. The molecule has 20 heavy (non-hydrogen) atoms. The molecule has 1 fully saturated rings. The third-order valence-electron chi connectivity index (χ3n) is 3.79. The van der Waals surface area contributed by atoms with Crippen LogP contribution in [0.15, 0.2) is 23.1 Å². The van der Waals surface area contributed by atoms with Gasteiger partial charge < -0.3 is 5.11 Å². The number of aliphatic hydroxyl groups excluding tert-OH is 1. The Kier molecular flexibility index (Phi) is 4.43. The number of nitrogens with zero attached hydrogens (tertiary/aromatic N) is 2. The quantitative estimate of drug-likeness (QED) is 0.910.